The van der Waals surface area contributed by atoms with E-state index in [0.717, 1.165) is 32.4 Å². The predicted molar refractivity (Wildman–Crippen MR) is 72.5 cm³/mol. The molecule has 0 bridgehead atoms. The molecule has 1 saturated heterocycles. The Hall–Kier alpha value is -0.170. The van der Waals surface area contributed by atoms with E-state index in [9.17, 15) is 8.42 Å². The summed E-state index contributed by atoms with van der Waals surface area (Å²) in [6.45, 7) is 4.87. The van der Waals surface area contributed by atoms with Crippen LogP contribution in [0, 0.1) is 5.92 Å². The van der Waals surface area contributed by atoms with Gasteiger partial charge in [0.25, 0.3) is 10.2 Å². The third kappa shape index (κ3) is 2.87. The summed E-state index contributed by atoms with van der Waals surface area (Å²) in [4.78, 5) is 0. The van der Waals surface area contributed by atoms with Gasteiger partial charge in [-0.2, -0.15) is 17.0 Å². The third-order valence-corrected chi connectivity index (χ3v) is 6.32. The van der Waals surface area contributed by atoms with Gasteiger partial charge in [-0.15, -0.1) is 0 Å². The van der Waals surface area contributed by atoms with Crippen LogP contribution in [0.25, 0.3) is 0 Å². The molecule has 2 unspecified atom stereocenters. The van der Waals surface area contributed by atoms with Crippen molar-refractivity contribution in [2.75, 3.05) is 33.2 Å². The summed E-state index contributed by atoms with van der Waals surface area (Å²) in [6.07, 6.45) is 4.53. The van der Waals surface area contributed by atoms with Crippen molar-refractivity contribution in [3.63, 3.8) is 0 Å². The van der Waals surface area contributed by atoms with Gasteiger partial charge in [0.05, 0.1) is 0 Å². The Labute approximate surface area is 111 Å². The molecular weight excluding hydrogens is 250 g/mol. The van der Waals surface area contributed by atoms with Crippen LogP contribution in [-0.4, -0.2) is 56.3 Å². The fourth-order valence-electron chi connectivity index (χ4n) is 3.07. The Morgan fingerprint density at radius 2 is 1.78 bits per heavy atom. The molecule has 0 aromatic carbocycles. The van der Waals surface area contributed by atoms with Crippen LogP contribution in [0.15, 0.2) is 0 Å². The highest BCUT2D eigenvalue weighted by Gasteiger charge is 2.35. The third-order valence-electron chi connectivity index (χ3n) is 4.30. The van der Waals surface area contributed by atoms with E-state index in [-0.39, 0.29) is 6.04 Å². The van der Waals surface area contributed by atoms with E-state index in [0.29, 0.717) is 19.0 Å². The first-order chi connectivity index (χ1) is 8.53. The molecule has 2 aliphatic rings. The van der Waals surface area contributed by atoms with Gasteiger partial charge in [0.15, 0.2) is 0 Å². The van der Waals surface area contributed by atoms with Gasteiger partial charge < -0.3 is 5.32 Å². The number of piperazine rings is 1. The minimum Gasteiger partial charge on any atom is -0.314 e. The minimum absolute atomic E-state index is 0.179. The van der Waals surface area contributed by atoms with Crippen LogP contribution in [0.3, 0.4) is 0 Å². The second kappa shape index (κ2) is 5.86. The zero-order valence-corrected chi connectivity index (χ0v) is 12.2. The van der Waals surface area contributed by atoms with Crippen molar-refractivity contribution in [2.24, 2.45) is 5.92 Å². The zero-order chi connectivity index (χ0) is 13.2. The fourth-order valence-corrected chi connectivity index (χ4v) is 4.73. The lowest BCUT2D eigenvalue weighted by molar-refractivity contribution is 0.199. The van der Waals surface area contributed by atoms with E-state index in [1.807, 2.05) is 0 Å². The lowest BCUT2D eigenvalue weighted by atomic mass is 9.86. The number of nitrogens with zero attached hydrogens (tertiary/aromatic N) is 2. The van der Waals surface area contributed by atoms with Crippen LogP contribution in [0.4, 0.5) is 0 Å². The molecular formula is C12H25N3O2S. The molecule has 6 heteroatoms. The van der Waals surface area contributed by atoms with Gasteiger partial charge in [0.1, 0.15) is 0 Å². The van der Waals surface area contributed by atoms with Gasteiger partial charge >= 0.3 is 0 Å². The SMILES string of the molecule is CC1CCCCC1N(C)S(=O)(=O)N1CCNCC1. The van der Waals surface area contributed by atoms with Gasteiger partial charge in [-0.1, -0.05) is 19.8 Å². The van der Waals surface area contributed by atoms with E-state index in [1.54, 1.807) is 15.7 Å². The van der Waals surface area contributed by atoms with Gasteiger partial charge in [0, 0.05) is 39.3 Å². The van der Waals surface area contributed by atoms with E-state index in [4.69, 9.17) is 0 Å². The molecule has 0 spiro atoms. The Morgan fingerprint density at radius 3 is 2.39 bits per heavy atom. The fraction of sp³-hybridized carbons (Fsp3) is 1.00. The Balaban J connectivity index is 2.07. The zero-order valence-electron chi connectivity index (χ0n) is 11.4. The number of nitrogens with one attached hydrogen (secondary N) is 1. The van der Waals surface area contributed by atoms with Crippen molar-refractivity contribution in [1.82, 2.24) is 13.9 Å². The van der Waals surface area contributed by atoms with Crippen LogP contribution in [0.1, 0.15) is 32.6 Å². The summed E-state index contributed by atoms with van der Waals surface area (Å²) in [6, 6.07) is 0.179. The highest BCUT2D eigenvalue weighted by Crippen LogP contribution is 2.29. The molecule has 0 amide bonds. The van der Waals surface area contributed by atoms with Crippen LogP contribution in [-0.2, 0) is 10.2 Å². The standard InChI is InChI=1S/C12H25N3O2S/c1-11-5-3-4-6-12(11)14(2)18(16,17)15-9-7-13-8-10-15/h11-13H,3-10H2,1-2H3. The molecule has 2 fully saturated rings. The smallest absolute Gasteiger partial charge is 0.282 e. The first-order valence-corrected chi connectivity index (χ1v) is 8.37. The van der Waals surface area contributed by atoms with Crippen LogP contribution < -0.4 is 5.32 Å². The van der Waals surface area contributed by atoms with Gasteiger partial charge in [-0.3, -0.25) is 0 Å². The van der Waals surface area contributed by atoms with E-state index < -0.39 is 10.2 Å². The normalized spacial score (nSPS) is 31.7. The minimum atomic E-state index is -3.27. The van der Waals surface area contributed by atoms with Gasteiger partial charge in [0.2, 0.25) is 0 Å². The summed E-state index contributed by atoms with van der Waals surface area (Å²) in [7, 11) is -1.51. The Bertz CT molecular complexity index is 366. The first kappa shape index (κ1) is 14.2. The molecule has 106 valence electrons. The molecule has 2 atom stereocenters. The predicted octanol–water partition coefficient (Wildman–Crippen LogP) is 0.647. The van der Waals surface area contributed by atoms with Crippen molar-refractivity contribution in [2.45, 2.75) is 38.6 Å². The van der Waals surface area contributed by atoms with Crippen molar-refractivity contribution in [3.8, 4) is 0 Å². The second-order valence-electron chi connectivity index (χ2n) is 5.50. The molecule has 2 rings (SSSR count). The average Bonchev–Trinajstić information content (AvgIpc) is 2.39. The van der Waals surface area contributed by atoms with E-state index in [1.165, 1.54) is 6.42 Å². The monoisotopic (exact) mass is 275 g/mol. The summed E-state index contributed by atoms with van der Waals surface area (Å²) in [5.41, 5.74) is 0. The molecule has 1 saturated carbocycles. The highest BCUT2D eigenvalue weighted by molar-refractivity contribution is 7.86. The van der Waals surface area contributed by atoms with Crippen LogP contribution in [0.2, 0.25) is 0 Å². The molecule has 0 radical (unpaired) electrons. The molecule has 0 aromatic rings. The number of hydrogen-bond acceptors (Lipinski definition) is 3. The highest BCUT2D eigenvalue weighted by atomic mass is 32.2. The summed E-state index contributed by atoms with van der Waals surface area (Å²) >= 11 is 0. The summed E-state index contributed by atoms with van der Waals surface area (Å²) in [5.74, 6) is 0.474. The van der Waals surface area contributed by atoms with Gasteiger partial charge in [-0.25, -0.2) is 0 Å². The Morgan fingerprint density at radius 1 is 1.17 bits per heavy atom. The molecule has 18 heavy (non-hydrogen) atoms. The lowest BCUT2D eigenvalue weighted by Crippen LogP contribution is -2.54. The number of rotatable bonds is 3. The maximum atomic E-state index is 12.6. The summed E-state index contributed by atoms with van der Waals surface area (Å²) in [5, 5.41) is 3.19. The van der Waals surface area contributed by atoms with Crippen molar-refractivity contribution < 1.29 is 8.42 Å². The summed E-state index contributed by atoms with van der Waals surface area (Å²) < 4.78 is 28.4. The Kier molecular flexibility index (Phi) is 4.64. The van der Waals surface area contributed by atoms with Gasteiger partial charge in [-0.05, 0) is 18.8 Å². The van der Waals surface area contributed by atoms with Crippen molar-refractivity contribution >= 4 is 10.2 Å². The second-order valence-corrected chi connectivity index (χ2v) is 7.49. The topological polar surface area (TPSA) is 52.7 Å². The quantitative estimate of drug-likeness (QED) is 0.823. The first-order valence-electron chi connectivity index (χ1n) is 6.97. The van der Waals surface area contributed by atoms with Crippen LogP contribution >= 0.6 is 0 Å². The molecule has 1 N–H and O–H groups in total. The number of hydrogen-bond donors (Lipinski definition) is 1. The molecule has 1 aliphatic heterocycles. The van der Waals surface area contributed by atoms with Crippen molar-refractivity contribution in [3.05, 3.63) is 0 Å². The molecule has 1 aliphatic carbocycles. The molecule has 0 aromatic heterocycles. The maximum Gasteiger partial charge on any atom is 0.282 e. The lowest BCUT2D eigenvalue weighted by Gasteiger charge is -2.39. The molecule has 1 heterocycles. The average molecular weight is 275 g/mol. The maximum absolute atomic E-state index is 12.6. The largest absolute Gasteiger partial charge is 0.314 e. The van der Waals surface area contributed by atoms with E-state index in [2.05, 4.69) is 12.2 Å². The van der Waals surface area contributed by atoms with Crippen LogP contribution in [0.5, 0.6) is 0 Å². The molecule has 5 nitrogen and oxygen atoms in total. The van der Waals surface area contributed by atoms with E-state index >= 15 is 0 Å². The van der Waals surface area contributed by atoms with Crippen molar-refractivity contribution in [1.29, 1.82) is 0 Å².